The number of fused-ring (bicyclic) bond motifs is 1. The molecule has 0 bridgehead atoms. The summed E-state index contributed by atoms with van der Waals surface area (Å²) in [6, 6.07) is 1.38. The zero-order chi connectivity index (χ0) is 59.5. The Kier molecular flexibility index (Phi) is 23.5. The number of carbonyl (C=O) groups excluding carboxylic acids is 8. The molecule has 81 heavy (non-hydrogen) atoms. The molecule has 28 heteroatoms. The maximum Gasteiger partial charge on any atom is 0.326 e. The summed E-state index contributed by atoms with van der Waals surface area (Å²) >= 11 is 0. The number of H-pyrrole nitrogens is 2. The number of hydrogen-bond donors (Lipinski definition) is 16. The van der Waals surface area contributed by atoms with Gasteiger partial charge in [0.25, 0.3) is 0 Å². The smallest absolute Gasteiger partial charge is 0.326 e. The summed E-state index contributed by atoms with van der Waals surface area (Å²) < 4.78 is 0. The lowest BCUT2D eigenvalue weighted by Crippen LogP contribution is -2.62. The van der Waals surface area contributed by atoms with Gasteiger partial charge in [-0.1, -0.05) is 44.2 Å². The molecule has 1 fully saturated rings. The Morgan fingerprint density at radius 2 is 1.36 bits per heavy atom. The van der Waals surface area contributed by atoms with E-state index in [-0.39, 0.29) is 75.7 Å². The fraction of sp³-hybridized carbons (Fsp3) is 0.491. The van der Waals surface area contributed by atoms with Crippen LogP contribution in [0.3, 0.4) is 0 Å². The normalized spacial score (nSPS) is 16.5. The molecule has 1 aliphatic rings. The van der Waals surface area contributed by atoms with E-state index in [0.29, 0.717) is 34.1 Å². The predicted molar refractivity (Wildman–Crippen MR) is 294 cm³/mol. The first kappa shape index (κ1) is 63.2. The molecule has 8 amide bonds. The number of aliphatic carboxylic acids is 1. The quantitative estimate of drug-likeness (QED) is 0.0140. The van der Waals surface area contributed by atoms with Crippen molar-refractivity contribution in [2.45, 2.75) is 140 Å². The van der Waals surface area contributed by atoms with Gasteiger partial charge in [0.05, 0.1) is 31.1 Å². The molecule has 0 aliphatic carbocycles. The van der Waals surface area contributed by atoms with E-state index in [1.807, 2.05) is 0 Å². The molecule has 19 N–H and O–H groups in total. The molecule has 28 nitrogen and oxygen atoms in total. The van der Waals surface area contributed by atoms with Crippen molar-refractivity contribution in [3.05, 3.63) is 84.1 Å². The van der Waals surface area contributed by atoms with Crippen LogP contribution in [-0.4, -0.2) is 180 Å². The van der Waals surface area contributed by atoms with E-state index in [4.69, 9.17) is 17.2 Å². The molecule has 4 aromatic rings. The second-order valence-electron chi connectivity index (χ2n) is 20.4. The Balaban J connectivity index is 1.38. The Labute approximate surface area is 466 Å². The minimum Gasteiger partial charge on any atom is -0.508 e. The van der Waals surface area contributed by atoms with E-state index in [9.17, 15) is 63.6 Å². The SMILES string of the molecule is CC(C)C[C@H](NC(=O)[C@@H](NC(=O)[C@H](CCCN=C(N)N)NC(=O)CNC(=O)[C@@H](N)Cc1cnc[nH]1)[C@@H](C)O)C(=O)N[C@@H](Cc1c[nH]c2ccccc12)C(=O)N[C@@H](Cc1ccc(O)cc1)C(=O)N[C@H](C(=O)N1CCC[C@H]1C(=O)O)[C@@H](C)O. The standard InChI is InChI=1S/C53H75N15O13/c1-27(2)19-38(65-50(78)43(28(3)69)66-46(74)37(11-7-17-58-53(55)56)62-42(72)25-60-45(73)35(54)22-32-24-57-26-61-32)47(75)64-40(21-31-23-59-36-10-6-5-9-34(31)36)48(76)63-39(20-30-13-15-33(71)16-14-30)49(77)67-44(29(4)70)51(79)68-18-8-12-41(68)52(80)81/h5-6,9-10,13-16,23-24,26-29,35,37-41,43-44,59,69-71H,7-8,11-12,17-22,25,54H2,1-4H3,(H,57,61)(H,60,73)(H,62,72)(H,63,76)(H,64,75)(H,65,78)(H,66,74)(H,67,77)(H,80,81)(H4,55,56,58)/t28-,29-,35+,37+,38+,39+,40+,41+,43+,44+/m1/s1. The van der Waals surface area contributed by atoms with Crippen LogP contribution >= 0.6 is 0 Å². The van der Waals surface area contributed by atoms with Crippen molar-refractivity contribution in [2.24, 2.45) is 28.1 Å². The zero-order valence-electron chi connectivity index (χ0n) is 45.5. The fourth-order valence-electron chi connectivity index (χ4n) is 9.13. The van der Waals surface area contributed by atoms with Gasteiger partial charge in [-0.3, -0.25) is 43.3 Å². The molecule has 2 aromatic carbocycles. The van der Waals surface area contributed by atoms with Gasteiger partial charge >= 0.3 is 5.97 Å². The number of hydrogen-bond acceptors (Lipinski definition) is 15. The van der Waals surface area contributed by atoms with Gasteiger partial charge in [-0.25, -0.2) is 9.78 Å². The number of rotatable bonds is 30. The first-order valence-electron chi connectivity index (χ1n) is 26.5. The van der Waals surface area contributed by atoms with Crippen LogP contribution in [0.1, 0.15) is 76.6 Å². The van der Waals surface area contributed by atoms with Gasteiger partial charge in [0.1, 0.15) is 48.0 Å². The van der Waals surface area contributed by atoms with Crippen LogP contribution in [-0.2, 0) is 62.4 Å². The summed E-state index contributed by atoms with van der Waals surface area (Å²) in [5.41, 5.74) is 19.2. The topological polar surface area (TPSA) is 457 Å². The molecular weight excluding hydrogens is 1050 g/mol. The number of aromatic nitrogens is 3. The minimum atomic E-state index is -1.74. The maximum absolute atomic E-state index is 14.8. The van der Waals surface area contributed by atoms with Crippen molar-refractivity contribution in [1.82, 2.24) is 57.1 Å². The van der Waals surface area contributed by atoms with Crippen LogP contribution in [0.5, 0.6) is 5.75 Å². The summed E-state index contributed by atoms with van der Waals surface area (Å²) in [5.74, 6) is -8.93. The summed E-state index contributed by atoms with van der Waals surface area (Å²) in [5, 5.41) is 60.2. The maximum atomic E-state index is 14.8. The number of nitrogens with two attached hydrogens (primary N) is 3. The number of imidazole rings is 1. The van der Waals surface area contributed by atoms with Crippen LogP contribution in [0.25, 0.3) is 10.9 Å². The highest BCUT2D eigenvalue weighted by atomic mass is 16.4. The number of carboxylic acids is 1. The Bertz CT molecular complexity index is 2840. The van der Waals surface area contributed by atoms with Crippen LogP contribution in [0.15, 0.2) is 72.2 Å². The molecule has 1 saturated heterocycles. The number of aliphatic hydroxyl groups excluding tert-OH is 2. The first-order chi connectivity index (χ1) is 38.4. The van der Waals surface area contributed by atoms with Gasteiger partial charge in [0, 0.05) is 61.3 Å². The van der Waals surface area contributed by atoms with Gasteiger partial charge in [-0.05, 0) is 81.2 Å². The number of para-hydroxylation sites is 1. The monoisotopic (exact) mass is 1130 g/mol. The predicted octanol–water partition coefficient (Wildman–Crippen LogP) is -3.09. The number of carboxylic acid groups (broad SMARTS) is 1. The largest absolute Gasteiger partial charge is 0.508 e. The number of aromatic hydroxyl groups is 1. The Morgan fingerprint density at radius 3 is 1.99 bits per heavy atom. The molecule has 1 aliphatic heterocycles. The highest BCUT2D eigenvalue weighted by Gasteiger charge is 2.41. The van der Waals surface area contributed by atoms with E-state index in [2.05, 4.69) is 57.2 Å². The van der Waals surface area contributed by atoms with Crippen LogP contribution in [0.4, 0.5) is 0 Å². The molecule has 0 radical (unpaired) electrons. The number of nitrogens with zero attached hydrogens (tertiary/aromatic N) is 3. The van der Waals surface area contributed by atoms with E-state index in [1.54, 1.807) is 44.3 Å². The summed E-state index contributed by atoms with van der Waals surface area (Å²) in [6.07, 6.45) is 1.61. The number of phenols is 1. The van der Waals surface area contributed by atoms with Gasteiger partial charge in [0.2, 0.25) is 47.3 Å². The van der Waals surface area contributed by atoms with Crippen molar-refractivity contribution in [3.8, 4) is 5.75 Å². The molecule has 2 aromatic heterocycles. The number of nitrogens with one attached hydrogen (secondary N) is 9. The van der Waals surface area contributed by atoms with E-state index in [1.165, 1.54) is 50.6 Å². The van der Waals surface area contributed by atoms with Gasteiger partial charge in [0.15, 0.2) is 5.96 Å². The number of aliphatic hydroxyl groups is 2. The molecule has 0 spiro atoms. The molecule has 5 rings (SSSR count). The minimum absolute atomic E-state index is 0.0406. The van der Waals surface area contributed by atoms with Crippen molar-refractivity contribution in [2.75, 3.05) is 19.6 Å². The second-order valence-corrected chi connectivity index (χ2v) is 20.4. The van der Waals surface area contributed by atoms with Gasteiger partial charge < -0.3 is 89.7 Å². The lowest BCUT2D eigenvalue weighted by atomic mass is 9.99. The number of aromatic amines is 2. The highest BCUT2D eigenvalue weighted by Crippen LogP contribution is 2.22. The number of phenolic OH excluding ortho intramolecular Hbond substituents is 1. The zero-order valence-corrected chi connectivity index (χ0v) is 45.5. The Hall–Kier alpha value is -8.63. The van der Waals surface area contributed by atoms with Gasteiger partial charge in [-0.15, -0.1) is 0 Å². The number of carbonyl (C=O) groups is 9. The van der Waals surface area contributed by atoms with Crippen LogP contribution in [0.2, 0.25) is 0 Å². The molecule has 0 unspecified atom stereocenters. The Morgan fingerprint density at radius 1 is 0.741 bits per heavy atom. The fourth-order valence-corrected chi connectivity index (χ4v) is 9.13. The summed E-state index contributed by atoms with van der Waals surface area (Å²) in [4.78, 5) is 138. The molecule has 0 saturated carbocycles. The number of likely N-dealkylation sites (tertiary alicyclic amines) is 1. The van der Waals surface area contributed by atoms with E-state index >= 15 is 0 Å². The number of guanidine groups is 1. The molecular formula is C53H75N15O13. The average molecular weight is 1130 g/mol. The van der Waals surface area contributed by atoms with Crippen LogP contribution < -0.4 is 54.4 Å². The van der Waals surface area contributed by atoms with Crippen molar-refractivity contribution in [1.29, 1.82) is 0 Å². The molecule has 10 atom stereocenters. The number of benzene rings is 2. The highest BCUT2D eigenvalue weighted by molar-refractivity contribution is 5.98. The van der Waals surface area contributed by atoms with Crippen molar-refractivity contribution >= 4 is 70.1 Å². The first-order valence-corrected chi connectivity index (χ1v) is 26.5. The van der Waals surface area contributed by atoms with E-state index < -0.39 is 120 Å². The molecule has 3 heterocycles. The third-order valence-corrected chi connectivity index (χ3v) is 13.4. The van der Waals surface area contributed by atoms with Gasteiger partial charge in [-0.2, -0.15) is 0 Å². The lowest BCUT2D eigenvalue weighted by molar-refractivity contribution is -0.150. The lowest BCUT2D eigenvalue weighted by Gasteiger charge is -2.31. The average Bonchev–Trinajstić information content (AvgIpc) is 4.23. The summed E-state index contributed by atoms with van der Waals surface area (Å²) in [7, 11) is 0. The van der Waals surface area contributed by atoms with E-state index in [0.717, 1.165) is 4.90 Å². The number of aliphatic imine (C=N–C) groups is 1. The second kappa shape index (κ2) is 30.1. The van der Waals surface area contributed by atoms with Crippen molar-refractivity contribution < 1.29 is 63.6 Å². The third kappa shape index (κ3) is 19.0. The summed E-state index contributed by atoms with van der Waals surface area (Å²) in [6.45, 7) is 5.47. The molecule has 440 valence electrons. The van der Waals surface area contributed by atoms with Crippen molar-refractivity contribution in [3.63, 3.8) is 0 Å². The van der Waals surface area contributed by atoms with Crippen LogP contribution in [0, 0.1) is 5.92 Å². The number of amides is 8. The third-order valence-electron chi connectivity index (χ3n) is 13.4.